The number of unbranched alkanes of at least 4 members (excludes halogenated alkanes) is 36. The van der Waals surface area contributed by atoms with Crippen LogP contribution in [0.15, 0.2) is 0 Å². The van der Waals surface area contributed by atoms with Crippen molar-refractivity contribution < 1.29 is 28.4 Å². The minimum atomic E-state index is -4.31. The normalized spacial score (nSPS) is 13.8. The average Bonchev–Trinajstić information content (AvgIpc) is 3.20. The molecule has 3 unspecified atom stereocenters. The van der Waals surface area contributed by atoms with Crippen molar-refractivity contribution >= 4 is 13.7 Å². The van der Waals surface area contributed by atoms with Crippen LogP contribution in [0.25, 0.3) is 0 Å². The molecule has 0 aliphatic carbocycles. The molecule has 0 saturated heterocycles. The van der Waals surface area contributed by atoms with E-state index < -0.39 is 20.0 Å². The maximum atomic E-state index is 12.8. The lowest BCUT2D eigenvalue weighted by Gasteiger charge is -2.25. The molecule has 0 saturated carbocycles. The number of aliphatic hydroxyl groups excluding tert-OH is 1. The Kier molecular flexibility index (Phi) is 44.6. The fourth-order valence-electron chi connectivity index (χ4n) is 7.90. The fourth-order valence-corrected chi connectivity index (χ4v) is 8.66. The quantitative estimate of drug-likeness (QED) is 0.0355. The Morgan fingerprint density at radius 1 is 0.509 bits per heavy atom. The molecule has 0 fully saturated rings. The number of hydrogen-bond donors (Lipinski definition) is 4. The molecule has 8 nitrogen and oxygen atoms in total. The summed E-state index contributed by atoms with van der Waals surface area (Å²) in [7, 11) is -4.31. The number of hydrogen-bond acceptors (Lipinski definition) is 6. The number of amides is 1. The van der Waals surface area contributed by atoms with Crippen molar-refractivity contribution in [2.45, 2.75) is 283 Å². The van der Waals surface area contributed by atoms with Crippen molar-refractivity contribution in [2.75, 3.05) is 19.8 Å². The zero-order valence-electron chi connectivity index (χ0n) is 38.1. The van der Waals surface area contributed by atoms with Crippen LogP contribution in [0.5, 0.6) is 0 Å². The molecule has 0 aromatic rings. The summed E-state index contributed by atoms with van der Waals surface area (Å²) in [5, 5.41) is 13.9. The fraction of sp³-hybridized carbons (Fsp3) is 0.979. The summed E-state index contributed by atoms with van der Waals surface area (Å²) in [6, 6.07) is -0.768. The standard InChI is InChI=1S/C48H99N2O6P/c1-3-5-7-9-11-13-15-17-19-21-23-25-27-29-31-33-35-37-39-41-47(51)46(45-56-57(53,54)55-44-43-49)50-48(52)42-40-38-36-34-32-30-28-26-24-22-20-18-16-14-12-10-8-6-4-2/h46-47,51H,3-45,49H2,1-2H3,(H,50,52)(H,53,54). The SMILES string of the molecule is CCCCCCCCCCCCCCCCCCCCCC(=O)NC(COP(=O)(O)OCCN)C(O)CCCCCCCCCCCCCCCCCCCCC. The average molecular weight is 831 g/mol. The maximum Gasteiger partial charge on any atom is 0.472 e. The van der Waals surface area contributed by atoms with Crippen molar-refractivity contribution in [3.63, 3.8) is 0 Å². The highest BCUT2D eigenvalue weighted by molar-refractivity contribution is 7.47. The largest absolute Gasteiger partial charge is 0.472 e. The number of carbonyl (C=O) groups excluding carboxylic acids is 1. The Morgan fingerprint density at radius 3 is 1.12 bits per heavy atom. The van der Waals surface area contributed by atoms with Crippen LogP contribution in [-0.4, -0.2) is 47.8 Å². The molecule has 57 heavy (non-hydrogen) atoms. The summed E-state index contributed by atoms with van der Waals surface area (Å²) in [6.45, 7) is 4.26. The van der Waals surface area contributed by atoms with Gasteiger partial charge in [-0.3, -0.25) is 13.8 Å². The summed E-state index contributed by atoms with van der Waals surface area (Å²) in [4.78, 5) is 22.8. The van der Waals surface area contributed by atoms with Gasteiger partial charge < -0.3 is 21.1 Å². The highest BCUT2D eigenvalue weighted by Gasteiger charge is 2.27. The van der Waals surface area contributed by atoms with E-state index >= 15 is 0 Å². The van der Waals surface area contributed by atoms with Crippen LogP contribution >= 0.6 is 7.82 Å². The molecule has 0 aliphatic rings. The van der Waals surface area contributed by atoms with Gasteiger partial charge in [-0.25, -0.2) is 4.57 Å². The van der Waals surface area contributed by atoms with Crippen LogP contribution in [0.1, 0.15) is 271 Å². The van der Waals surface area contributed by atoms with E-state index in [1.54, 1.807) is 0 Å². The number of carbonyl (C=O) groups is 1. The van der Waals surface area contributed by atoms with Crippen LogP contribution in [0.2, 0.25) is 0 Å². The minimum absolute atomic E-state index is 0.0928. The van der Waals surface area contributed by atoms with E-state index in [9.17, 15) is 19.4 Å². The molecular weight excluding hydrogens is 732 g/mol. The van der Waals surface area contributed by atoms with Gasteiger partial charge in [0.2, 0.25) is 5.91 Å². The first-order valence-corrected chi connectivity index (χ1v) is 26.6. The molecule has 0 heterocycles. The number of phosphoric acid groups is 1. The highest BCUT2D eigenvalue weighted by Crippen LogP contribution is 2.43. The number of rotatable bonds is 48. The number of nitrogens with two attached hydrogens (primary N) is 1. The molecule has 0 spiro atoms. The van der Waals surface area contributed by atoms with E-state index in [0.717, 1.165) is 38.5 Å². The molecule has 9 heteroatoms. The predicted octanol–water partition coefficient (Wildman–Crippen LogP) is 14.6. The first kappa shape index (κ1) is 56.5. The van der Waals surface area contributed by atoms with Gasteiger partial charge in [-0.1, -0.05) is 251 Å². The van der Waals surface area contributed by atoms with Crippen molar-refractivity contribution in [1.82, 2.24) is 5.32 Å². The smallest absolute Gasteiger partial charge is 0.391 e. The predicted molar refractivity (Wildman–Crippen MR) is 245 cm³/mol. The van der Waals surface area contributed by atoms with Crippen LogP contribution in [0.3, 0.4) is 0 Å². The minimum Gasteiger partial charge on any atom is -0.391 e. The molecule has 5 N–H and O–H groups in total. The van der Waals surface area contributed by atoms with Crippen LogP contribution in [-0.2, 0) is 18.4 Å². The molecule has 0 aromatic carbocycles. The molecule has 0 aliphatic heterocycles. The van der Waals surface area contributed by atoms with Crippen LogP contribution in [0, 0.1) is 0 Å². The van der Waals surface area contributed by atoms with E-state index in [1.807, 2.05) is 0 Å². The summed E-state index contributed by atoms with van der Waals surface area (Å²) in [5.74, 6) is -0.154. The highest BCUT2D eigenvalue weighted by atomic mass is 31.2. The number of nitrogens with one attached hydrogen (secondary N) is 1. The van der Waals surface area contributed by atoms with Crippen molar-refractivity contribution in [3.8, 4) is 0 Å². The molecule has 0 radical (unpaired) electrons. The Labute approximate surface area is 354 Å². The second-order valence-electron chi connectivity index (χ2n) is 17.4. The lowest BCUT2D eigenvalue weighted by atomic mass is 10.0. The first-order chi connectivity index (χ1) is 27.9. The summed E-state index contributed by atoms with van der Waals surface area (Å²) < 4.78 is 22.3. The maximum absolute atomic E-state index is 12.8. The van der Waals surface area contributed by atoms with Crippen LogP contribution in [0.4, 0.5) is 0 Å². The van der Waals surface area contributed by atoms with E-state index in [0.29, 0.717) is 12.8 Å². The van der Waals surface area contributed by atoms with E-state index in [4.69, 9.17) is 14.8 Å². The van der Waals surface area contributed by atoms with Gasteiger partial charge in [0.05, 0.1) is 25.4 Å². The number of aliphatic hydroxyl groups is 1. The van der Waals surface area contributed by atoms with Gasteiger partial charge in [-0.05, 0) is 12.8 Å². The molecule has 1 amide bonds. The second kappa shape index (κ2) is 45.0. The third kappa shape index (κ3) is 43.4. The third-order valence-electron chi connectivity index (χ3n) is 11.7. The molecule has 3 atom stereocenters. The lowest BCUT2D eigenvalue weighted by Crippen LogP contribution is -2.46. The second-order valence-corrected chi connectivity index (χ2v) is 18.8. The monoisotopic (exact) mass is 831 g/mol. The summed E-state index contributed by atoms with van der Waals surface area (Å²) in [5.41, 5.74) is 5.40. The zero-order chi connectivity index (χ0) is 41.8. The Balaban J connectivity index is 4.02. The molecule has 0 bridgehead atoms. The topological polar surface area (TPSA) is 131 Å². The first-order valence-electron chi connectivity index (χ1n) is 25.2. The Hall–Kier alpha value is -0.500. The van der Waals surface area contributed by atoms with Gasteiger partial charge in [0, 0.05) is 13.0 Å². The lowest BCUT2D eigenvalue weighted by molar-refractivity contribution is -0.123. The molecule has 342 valence electrons. The van der Waals surface area contributed by atoms with Gasteiger partial charge in [0.25, 0.3) is 0 Å². The van der Waals surface area contributed by atoms with Crippen molar-refractivity contribution in [1.29, 1.82) is 0 Å². The molecule has 0 aromatic heterocycles. The Morgan fingerprint density at radius 2 is 0.807 bits per heavy atom. The van der Waals surface area contributed by atoms with E-state index in [2.05, 4.69) is 19.2 Å². The van der Waals surface area contributed by atoms with E-state index in [1.165, 1.54) is 205 Å². The van der Waals surface area contributed by atoms with Gasteiger partial charge >= 0.3 is 7.82 Å². The van der Waals surface area contributed by atoms with E-state index in [-0.39, 0.29) is 25.7 Å². The summed E-state index contributed by atoms with van der Waals surface area (Å²) >= 11 is 0. The van der Waals surface area contributed by atoms with Gasteiger partial charge in [0.1, 0.15) is 0 Å². The van der Waals surface area contributed by atoms with Gasteiger partial charge in [-0.2, -0.15) is 0 Å². The molecule has 0 rings (SSSR count). The van der Waals surface area contributed by atoms with Crippen molar-refractivity contribution in [2.24, 2.45) is 5.73 Å². The summed E-state index contributed by atoms with van der Waals surface area (Å²) in [6.07, 6.45) is 49.8. The number of phosphoric ester groups is 1. The third-order valence-corrected chi connectivity index (χ3v) is 12.7. The Bertz CT molecular complexity index is 865. The van der Waals surface area contributed by atoms with Crippen LogP contribution < -0.4 is 11.1 Å². The van der Waals surface area contributed by atoms with Gasteiger partial charge in [0.15, 0.2) is 0 Å². The zero-order valence-corrected chi connectivity index (χ0v) is 39.0. The molecular formula is C48H99N2O6P. The van der Waals surface area contributed by atoms with Gasteiger partial charge in [-0.15, -0.1) is 0 Å². The van der Waals surface area contributed by atoms with Crippen molar-refractivity contribution in [3.05, 3.63) is 0 Å².